The summed E-state index contributed by atoms with van der Waals surface area (Å²) in [5.74, 6) is -0.239. The van der Waals surface area contributed by atoms with Crippen LogP contribution in [0.2, 0.25) is 10.0 Å². The van der Waals surface area contributed by atoms with Crippen LogP contribution in [-0.4, -0.2) is 73.0 Å². The highest BCUT2D eigenvalue weighted by Crippen LogP contribution is 2.29. The number of amides is 2. The van der Waals surface area contributed by atoms with Gasteiger partial charge in [-0.2, -0.15) is 0 Å². The van der Waals surface area contributed by atoms with Crippen LogP contribution in [0.5, 0.6) is 0 Å². The summed E-state index contributed by atoms with van der Waals surface area (Å²) in [6.45, 7) is 4.88. The molecule has 7 nitrogen and oxygen atoms in total. The van der Waals surface area contributed by atoms with E-state index in [1.807, 2.05) is 17.1 Å². The highest BCUT2D eigenvalue weighted by molar-refractivity contribution is 6.35. The molecule has 0 aliphatic carbocycles. The molecule has 4 rings (SSSR count). The van der Waals surface area contributed by atoms with Crippen LogP contribution in [0.15, 0.2) is 42.5 Å². The molecule has 0 atom stereocenters. The molecule has 0 aromatic heterocycles. The van der Waals surface area contributed by atoms with Gasteiger partial charge in [-0.05, 0) is 55.3 Å². The number of hydrogen-bond donors (Lipinski definition) is 1. The summed E-state index contributed by atoms with van der Waals surface area (Å²) in [4.78, 5) is 29.9. The van der Waals surface area contributed by atoms with Gasteiger partial charge < -0.3 is 9.80 Å². The van der Waals surface area contributed by atoms with Crippen LogP contribution in [0, 0.1) is 0 Å². The molecule has 2 amide bonds. The quantitative estimate of drug-likeness (QED) is 0.568. The standard InChI is InChI=1S/C25H31Cl2N5O2/c1-29(31-17-19-6-2-3-7-20(19)18-31)24(33)15-28-16-25(34)32(13-12-30-10-4-5-11-30)23-14-21(26)8-9-22(23)27/h2-3,6-9,14,28H,4-5,10-13,15-18H2,1H3. The summed E-state index contributed by atoms with van der Waals surface area (Å²) in [6.07, 6.45) is 2.37. The van der Waals surface area contributed by atoms with Crippen molar-refractivity contribution >= 4 is 40.7 Å². The van der Waals surface area contributed by atoms with Crippen molar-refractivity contribution < 1.29 is 9.59 Å². The molecule has 1 N–H and O–H groups in total. The lowest BCUT2D eigenvalue weighted by Crippen LogP contribution is -2.47. The molecule has 1 fully saturated rings. The second kappa shape index (κ2) is 11.5. The molecule has 2 aliphatic rings. The molecule has 182 valence electrons. The SMILES string of the molecule is CN(C(=O)CNCC(=O)N(CCN1CCCC1)c1cc(Cl)ccc1Cl)N1Cc2ccccc2C1. The number of benzene rings is 2. The zero-order chi connectivity index (χ0) is 24.1. The van der Waals surface area contributed by atoms with Gasteiger partial charge in [-0.1, -0.05) is 47.5 Å². The predicted octanol–water partition coefficient (Wildman–Crippen LogP) is 3.40. The lowest BCUT2D eigenvalue weighted by molar-refractivity contribution is -0.145. The van der Waals surface area contributed by atoms with Crippen LogP contribution in [0.4, 0.5) is 5.69 Å². The summed E-state index contributed by atoms with van der Waals surface area (Å²) in [7, 11) is 1.77. The molecule has 1 saturated heterocycles. The molecule has 9 heteroatoms. The van der Waals surface area contributed by atoms with Gasteiger partial charge in [-0.25, -0.2) is 5.01 Å². The second-order valence-corrected chi connectivity index (χ2v) is 9.65. The van der Waals surface area contributed by atoms with Crippen molar-refractivity contribution in [3.63, 3.8) is 0 Å². The highest BCUT2D eigenvalue weighted by Gasteiger charge is 2.25. The van der Waals surface area contributed by atoms with E-state index in [0.29, 0.717) is 35.4 Å². The Kier molecular flexibility index (Phi) is 8.45. The van der Waals surface area contributed by atoms with Crippen molar-refractivity contribution in [1.29, 1.82) is 0 Å². The normalized spacial score (nSPS) is 16.0. The maximum atomic E-state index is 13.2. The molecular formula is C25H31Cl2N5O2. The van der Waals surface area contributed by atoms with Gasteiger partial charge >= 0.3 is 0 Å². The van der Waals surface area contributed by atoms with Gasteiger partial charge in [0.25, 0.3) is 5.91 Å². The van der Waals surface area contributed by atoms with Crippen molar-refractivity contribution in [2.45, 2.75) is 25.9 Å². The van der Waals surface area contributed by atoms with Crippen LogP contribution < -0.4 is 10.2 Å². The monoisotopic (exact) mass is 503 g/mol. The third-order valence-electron chi connectivity index (χ3n) is 6.50. The number of rotatable bonds is 9. The fourth-order valence-electron chi connectivity index (χ4n) is 4.49. The zero-order valence-corrected chi connectivity index (χ0v) is 21.0. The van der Waals surface area contributed by atoms with E-state index in [1.54, 1.807) is 35.2 Å². The van der Waals surface area contributed by atoms with Crippen LogP contribution in [-0.2, 0) is 22.7 Å². The number of likely N-dealkylation sites (N-methyl/N-ethyl adjacent to an activating group) is 1. The Labute approximate surface area is 211 Å². The molecule has 0 spiro atoms. The largest absolute Gasteiger partial charge is 0.308 e. The van der Waals surface area contributed by atoms with E-state index in [9.17, 15) is 9.59 Å². The number of nitrogens with one attached hydrogen (secondary N) is 1. The first-order chi connectivity index (χ1) is 16.4. The first kappa shape index (κ1) is 24.9. The van der Waals surface area contributed by atoms with Gasteiger partial charge in [0.15, 0.2) is 0 Å². The Hall–Kier alpha value is -2.16. The minimum absolute atomic E-state index is 0.0304. The third-order valence-corrected chi connectivity index (χ3v) is 7.06. The minimum Gasteiger partial charge on any atom is -0.308 e. The maximum Gasteiger partial charge on any atom is 0.250 e. The average Bonchev–Trinajstić information content (AvgIpc) is 3.50. The molecule has 2 aromatic carbocycles. The maximum absolute atomic E-state index is 13.2. The van der Waals surface area contributed by atoms with Crippen LogP contribution in [0.25, 0.3) is 0 Å². The topological polar surface area (TPSA) is 59.1 Å². The summed E-state index contributed by atoms with van der Waals surface area (Å²) in [5, 5.41) is 7.66. The number of anilines is 1. The Morgan fingerprint density at radius 1 is 0.971 bits per heavy atom. The van der Waals surface area contributed by atoms with Crippen LogP contribution >= 0.6 is 23.2 Å². The zero-order valence-electron chi connectivity index (χ0n) is 19.5. The number of halogens is 2. The molecule has 0 saturated carbocycles. The van der Waals surface area contributed by atoms with E-state index >= 15 is 0 Å². The second-order valence-electron chi connectivity index (χ2n) is 8.80. The average molecular weight is 504 g/mol. The van der Waals surface area contributed by atoms with Crippen molar-refractivity contribution in [1.82, 2.24) is 20.2 Å². The number of hydrazine groups is 1. The molecular weight excluding hydrogens is 473 g/mol. The molecule has 2 heterocycles. The van der Waals surface area contributed by atoms with E-state index in [0.717, 1.165) is 19.6 Å². The van der Waals surface area contributed by atoms with Gasteiger partial charge in [0, 0.05) is 38.2 Å². The van der Waals surface area contributed by atoms with Gasteiger partial charge in [0.2, 0.25) is 5.91 Å². The fourth-order valence-corrected chi connectivity index (χ4v) is 4.88. The van der Waals surface area contributed by atoms with Crippen molar-refractivity contribution in [2.75, 3.05) is 51.2 Å². The van der Waals surface area contributed by atoms with Gasteiger partial charge in [0.05, 0.1) is 23.8 Å². The number of carbonyl (C=O) groups is 2. The van der Waals surface area contributed by atoms with Crippen molar-refractivity contribution in [3.8, 4) is 0 Å². The molecule has 2 aromatic rings. The first-order valence-electron chi connectivity index (χ1n) is 11.7. The van der Waals surface area contributed by atoms with Crippen LogP contribution in [0.1, 0.15) is 24.0 Å². The van der Waals surface area contributed by atoms with Gasteiger partial charge in [0.1, 0.15) is 0 Å². The Morgan fingerprint density at radius 2 is 1.62 bits per heavy atom. The Morgan fingerprint density at radius 3 is 2.29 bits per heavy atom. The molecule has 0 unspecified atom stereocenters. The lowest BCUT2D eigenvalue weighted by atomic mass is 10.1. The van der Waals surface area contributed by atoms with Crippen molar-refractivity contribution in [2.24, 2.45) is 0 Å². The summed E-state index contributed by atoms with van der Waals surface area (Å²) < 4.78 is 0. The third kappa shape index (κ3) is 6.09. The van der Waals surface area contributed by atoms with E-state index in [-0.39, 0.29) is 24.9 Å². The number of fused-ring (bicyclic) bond motifs is 1. The Bertz CT molecular complexity index is 1000. The highest BCUT2D eigenvalue weighted by atomic mass is 35.5. The van der Waals surface area contributed by atoms with E-state index in [1.165, 1.54) is 24.0 Å². The van der Waals surface area contributed by atoms with E-state index in [2.05, 4.69) is 22.3 Å². The minimum atomic E-state index is -0.146. The number of hydrogen-bond acceptors (Lipinski definition) is 5. The summed E-state index contributed by atoms with van der Waals surface area (Å²) in [5.41, 5.74) is 3.06. The van der Waals surface area contributed by atoms with Crippen molar-refractivity contribution in [3.05, 3.63) is 63.6 Å². The smallest absolute Gasteiger partial charge is 0.250 e. The number of nitrogens with zero attached hydrogens (tertiary/aromatic N) is 4. The lowest BCUT2D eigenvalue weighted by Gasteiger charge is -2.28. The molecule has 0 bridgehead atoms. The predicted molar refractivity (Wildman–Crippen MR) is 136 cm³/mol. The van der Waals surface area contributed by atoms with Crippen LogP contribution in [0.3, 0.4) is 0 Å². The van der Waals surface area contributed by atoms with Gasteiger partial charge in [-0.3, -0.25) is 19.9 Å². The Balaban J connectivity index is 1.32. The molecule has 2 aliphatic heterocycles. The van der Waals surface area contributed by atoms with E-state index < -0.39 is 0 Å². The van der Waals surface area contributed by atoms with E-state index in [4.69, 9.17) is 23.2 Å². The first-order valence-corrected chi connectivity index (χ1v) is 12.4. The fraction of sp³-hybridized carbons (Fsp3) is 0.440. The summed E-state index contributed by atoms with van der Waals surface area (Å²) in [6, 6.07) is 13.3. The number of carbonyl (C=O) groups excluding carboxylic acids is 2. The van der Waals surface area contributed by atoms with Gasteiger partial charge in [-0.15, -0.1) is 0 Å². The molecule has 34 heavy (non-hydrogen) atoms. The number of likely N-dealkylation sites (tertiary alicyclic amines) is 1. The summed E-state index contributed by atoms with van der Waals surface area (Å²) >= 11 is 12.6. The molecule has 0 radical (unpaired) electrons.